The van der Waals surface area contributed by atoms with Crippen LogP contribution >= 0.6 is 0 Å². The first-order valence-electron chi connectivity index (χ1n) is 9.68. The highest BCUT2D eigenvalue weighted by Crippen LogP contribution is 2.13. The third kappa shape index (κ3) is 18.1. The monoisotopic (exact) mass is 350 g/mol. The fourth-order valence-electron chi connectivity index (χ4n) is 2.86. The first kappa shape index (κ1) is 22.9. The van der Waals surface area contributed by atoms with Crippen LogP contribution in [-0.4, -0.2) is 19.4 Å². The molecule has 0 saturated heterocycles. The van der Waals surface area contributed by atoms with Crippen LogP contribution in [0.2, 0.25) is 0 Å². The predicted molar refractivity (Wildman–Crippen MR) is 97.0 cm³/mol. The lowest BCUT2D eigenvalue weighted by Gasteiger charge is -2.03. The Kier molecular flexibility index (Phi) is 16.6. The van der Waals surface area contributed by atoms with E-state index in [2.05, 4.69) is 11.3 Å². The molecular formula is C18H38O4S. The Hall–Kier alpha value is -0.130. The second kappa shape index (κ2) is 16.7. The van der Waals surface area contributed by atoms with Gasteiger partial charge in [0.2, 0.25) is 0 Å². The van der Waals surface area contributed by atoms with Crippen LogP contribution in [0.4, 0.5) is 0 Å². The van der Waals surface area contributed by atoms with Crippen LogP contribution in [0.15, 0.2) is 0 Å². The molecule has 0 aromatic rings. The van der Waals surface area contributed by atoms with Crippen LogP contribution in [0.5, 0.6) is 0 Å². The van der Waals surface area contributed by atoms with Crippen molar-refractivity contribution in [3.8, 4) is 0 Å². The molecule has 0 rings (SSSR count). The topological polar surface area (TPSA) is 63.6 Å². The lowest BCUT2D eigenvalue weighted by atomic mass is 10.0. The molecule has 5 heteroatoms. The van der Waals surface area contributed by atoms with E-state index in [9.17, 15) is 8.42 Å². The van der Waals surface area contributed by atoms with Crippen LogP contribution in [0.1, 0.15) is 110 Å². The molecule has 0 aromatic heterocycles. The minimum absolute atomic E-state index is 0.0814. The van der Waals surface area contributed by atoms with Crippen molar-refractivity contribution in [1.29, 1.82) is 0 Å². The van der Waals surface area contributed by atoms with Gasteiger partial charge in [0, 0.05) is 0 Å². The summed E-state index contributed by atoms with van der Waals surface area (Å²) in [5, 5.41) is 8.13. The molecule has 0 radical (unpaired) electrons. The van der Waals surface area contributed by atoms with Crippen molar-refractivity contribution in [3.63, 3.8) is 0 Å². The van der Waals surface area contributed by atoms with Crippen molar-refractivity contribution in [2.45, 2.75) is 110 Å². The minimum atomic E-state index is -3.68. The number of hydrogen-bond acceptors (Lipinski definition) is 4. The average molecular weight is 351 g/mol. The van der Waals surface area contributed by atoms with Gasteiger partial charge < -0.3 is 0 Å². The predicted octanol–water partition coefficient (Wildman–Crippen LogP) is 6.07. The summed E-state index contributed by atoms with van der Waals surface area (Å²) in [6.07, 6.45) is 20.1. The molecule has 1 N–H and O–H groups in total. The van der Waals surface area contributed by atoms with Gasteiger partial charge in [-0.05, 0) is 6.42 Å². The van der Waals surface area contributed by atoms with Crippen molar-refractivity contribution in [3.05, 3.63) is 0 Å². The number of unbranched alkanes of at least 4 members (excludes halogenated alkanes) is 15. The quantitative estimate of drug-likeness (QED) is 0.185. The van der Waals surface area contributed by atoms with Gasteiger partial charge in [-0.2, -0.15) is 8.42 Å². The lowest BCUT2D eigenvalue weighted by molar-refractivity contribution is -0.130. The molecule has 0 aliphatic heterocycles. The molecule has 0 amide bonds. The van der Waals surface area contributed by atoms with E-state index >= 15 is 0 Å². The second-order valence-electron chi connectivity index (χ2n) is 6.64. The fourth-order valence-corrected chi connectivity index (χ4v) is 3.50. The molecule has 0 aliphatic carbocycles. The third-order valence-electron chi connectivity index (χ3n) is 4.36. The minimum Gasteiger partial charge on any atom is -0.235 e. The van der Waals surface area contributed by atoms with Crippen molar-refractivity contribution >= 4 is 10.1 Å². The van der Waals surface area contributed by atoms with E-state index in [1.807, 2.05) is 0 Å². The molecule has 0 fully saturated rings. The third-order valence-corrected chi connectivity index (χ3v) is 5.38. The van der Waals surface area contributed by atoms with Crippen molar-refractivity contribution in [1.82, 2.24) is 0 Å². The summed E-state index contributed by atoms with van der Waals surface area (Å²) < 4.78 is 25.2. The van der Waals surface area contributed by atoms with Crippen LogP contribution in [0.3, 0.4) is 0 Å². The Morgan fingerprint density at radius 1 is 0.609 bits per heavy atom. The zero-order valence-electron chi connectivity index (χ0n) is 15.1. The second-order valence-corrected chi connectivity index (χ2v) is 8.31. The molecule has 140 valence electrons. The van der Waals surface area contributed by atoms with E-state index < -0.39 is 10.1 Å². The van der Waals surface area contributed by atoms with Crippen LogP contribution < -0.4 is 0 Å². The highest BCUT2D eigenvalue weighted by Gasteiger charge is 2.08. The Labute approximate surface area is 144 Å². The molecule has 23 heavy (non-hydrogen) atoms. The van der Waals surface area contributed by atoms with Gasteiger partial charge in [0.15, 0.2) is 0 Å². The number of hydrogen-bond donors (Lipinski definition) is 1. The first-order valence-corrected chi connectivity index (χ1v) is 11.3. The largest absolute Gasteiger partial charge is 0.293 e. The van der Waals surface area contributed by atoms with E-state index in [1.54, 1.807) is 0 Å². The van der Waals surface area contributed by atoms with Crippen LogP contribution in [0.25, 0.3) is 0 Å². The molecule has 0 aliphatic rings. The van der Waals surface area contributed by atoms with Gasteiger partial charge in [-0.25, -0.2) is 5.26 Å². The highest BCUT2D eigenvalue weighted by atomic mass is 32.2. The molecule has 0 atom stereocenters. The van der Waals surface area contributed by atoms with E-state index in [-0.39, 0.29) is 5.75 Å². The SMILES string of the molecule is CCCCCCCCCCCCCCCCCCS(=O)(=O)OO. The molecular weight excluding hydrogens is 312 g/mol. The normalized spacial score (nSPS) is 11.9. The zero-order chi connectivity index (χ0) is 17.2. The smallest absolute Gasteiger partial charge is 0.235 e. The van der Waals surface area contributed by atoms with Gasteiger partial charge in [-0.3, -0.25) is 0 Å². The van der Waals surface area contributed by atoms with E-state index in [1.165, 1.54) is 83.5 Å². The summed E-state index contributed by atoms with van der Waals surface area (Å²) in [4.78, 5) is 0. The summed E-state index contributed by atoms with van der Waals surface area (Å²) in [7, 11) is -3.68. The molecule has 0 unspecified atom stereocenters. The molecule has 0 aromatic carbocycles. The molecule has 0 saturated carbocycles. The Balaban J connectivity index is 3.08. The van der Waals surface area contributed by atoms with Crippen LogP contribution in [0, 0.1) is 0 Å². The summed E-state index contributed by atoms with van der Waals surface area (Å²) in [5.74, 6) is -0.0814. The highest BCUT2D eigenvalue weighted by molar-refractivity contribution is 7.86. The summed E-state index contributed by atoms with van der Waals surface area (Å²) in [6, 6.07) is 0. The molecule has 0 bridgehead atoms. The summed E-state index contributed by atoms with van der Waals surface area (Å²) in [5.41, 5.74) is 0. The van der Waals surface area contributed by atoms with Gasteiger partial charge in [0.25, 0.3) is 10.1 Å². The van der Waals surface area contributed by atoms with E-state index in [4.69, 9.17) is 5.26 Å². The molecule has 4 nitrogen and oxygen atoms in total. The first-order chi connectivity index (χ1) is 11.1. The van der Waals surface area contributed by atoms with E-state index in [0.29, 0.717) is 6.42 Å². The maximum Gasteiger partial charge on any atom is 0.293 e. The average Bonchev–Trinajstić information content (AvgIpc) is 2.54. The fraction of sp³-hybridized carbons (Fsp3) is 1.00. The Bertz CT molecular complexity index is 328. The van der Waals surface area contributed by atoms with Crippen LogP contribution in [-0.2, 0) is 14.5 Å². The Morgan fingerprint density at radius 2 is 0.913 bits per heavy atom. The molecule has 0 spiro atoms. The maximum absolute atomic E-state index is 10.9. The summed E-state index contributed by atoms with van der Waals surface area (Å²) in [6.45, 7) is 2.26. The van der Waals surface area contributed by atoms with Gasteiger partial charge in [0.1, 0.15) is 0 Å². The maximum atomic E-state index is 10.9. The van der Waals surface area contributed by atoms with Gasteiger partial charge in [-0.1, -0.05) is 103 Å². The van der Waals surface area contributed by atoms with Gasteiger partial charge >= 0.3 is 0 Å². The van der Waals surface area contributed by atoms with Crippen molar-refractivity contribution in [2.24, 2.45) is 0 Å². The Morgan fingerprint density at radius 3 is 1.22 bits per heavy atom. The van der Waals surface area contributed by atoms with Crippen molar-refractivity contribution < 1.29 is 18.0 Å². The lowest BCUT2D eigenvalue weighted by Crippen LogP contribution is -2.07. The van der Waals surface area contributed by atoms with Gasteiger partial charge in [0.05, 0.1) is 5.75 Å². The zero-order valence-corrected chi connectivity index (χ0v) is 15.9. The number of rotatable bonds is 18. The van der Waals surface area contributed by atoms with Crippen molar-refractivity contribution in [2.75, 3.05) is 5.75 Å². The standard InChI is InChI=1S/C18H38O4S/c1-2-3-4-5-6-7-8-9-10-11-12-13-14-15-16-17-18-23(20,21)22-19/h19H,2-18H2,1H3. The molecule has 0 heterocycles. The summed E-state index contributed by atoms with van der Waals surface area (Å²) >= 11 is 0. The van der Waals surface area contributed by atoms with E-state index in [0.717, 1.165) is 12.8 Å². The van der Waals surface area contributed by atoms with Gasteiger partial charge in [-0.15, -0.1) is 4.33 Å².